The van der Waals surface area contributed by atoms with Gasteiger partial charge in [0.25, 0.3) is 0 Å². The number of nitrogens with zero attached hydrogens (tertiary/aromatic N) is 2. The maximum absolute atomic E-state index is 11.5. The van der Waals surface area contributed by atoms with Crippen LogP contribution in [0.1, 0.15) is 12.5 Å². The summed E-state index contributed by atoms with van der Waals surface area (Å²) in [6.07, 6.45) is 5.77. The number of rotatable bonds is 6. The first-order chi connectivity index (χ1) is 11.7. The summed E-state index contributed by atoms with van der Waals surface area (Å²) >= 11 is 0. The fourth-order valence-corrected chi connectivity index (χ4v) is 2.63. The number of halogens is 1. The number of benzene rings is 2. The van der Waals surface area contributed by atoms with Crippen molar-refractivity contribution in [1.29, 1.82) is 0 Å². The minimum atomic E-state index is -0.215. The topological polar surface area (TPSA) is 35.1 Å². The van der Waals surface area contributed by atoms with E-state index in [-0.39, 0.29) is 29.5 Å². The van der Waals surface area contributed by atoms with Crippen molar-refractivity contribution < 1.29 is 31.1 Å². The number of hydrogen-bond acceptors (Lipinski definition) is 2. The third kappa shape index (κ3) is 5.29. The zero-order valence-corrected chi connectivity index (χ0v) is 15.7. The molecule has 0 saturated heterocycles. The molecule has 0 bridgehead atoms. The molecule has 4 nitrogen and oxygen atoms in total. The number of carbonyl (C=O) groups is 1. The molecule has 0 aliphatic heterocycles. The average Bonchev–Trinajstić information content (AvgIpc) is 3.03. The van der Waals surface area contributed by atoms with Crippen molar-refractivity contribution >= 4 is 5.97 Å². The number of imidazole rings is 1. The van der Waals surface area contributed by atoms with Gasteiger partial charge < -0.3 is 21.7 Å². The van der Waals surface area contributed by atoms with Crippen LogP contribution in [0.3, 0.4) is 0 Å². The van der Waals surface area contributed by atoms with Crippen molar-refractivity contribution in [2.24, 2.45) is 0 Å². The summed E-state index contributed by atoms with van der Waals surface area (Å²) in [5.74, 6) is -0.215. The molecule has 3 aromatic rings. The van der Waals surface area contributed by atoms with Gasteiger partial charge in [-0.05, 0) is 23.6 Å². The number of esters is 1. The maximum Gasteiger partial charge on any atom is 0.348 e. The number of aromatic nitrogens is 2. The molecule has 0 aliphatic carbocycles. The van der Waals surface area contributed by atoms with Crippen molar-refractivity contribution in [1.82, 2.24) is 4.57 Å². The molecule has 130 valence electrons. The average molecular weight is 401 g/mol. The Bertz CT molecular complexity index is 798. The molecule has 0 aliphatic rings. The summed E-state index contributed by atoms with van der Waals surface area (Å²) in [6, 6.07) is 18.9. The van der Waals surface area contributed by atoms with E-state index in [1.165, 1.54) is 16.7 Å². The maximum atomic E-state index is 11.5. The van der Waals surface area contributed by atoms with Crippen LogP contribution in [0, 0.1) is 0 Å². The van der Waals surface area contributed by atoms with Gasteiger partial charge in [-0.15, -0.1) is 0 Å². The Balaban J connectivity index is 0.00000225. The Morgan fingerprint density at radius 2 is 1.72 bits per heavy atom. The van der Waals surface area contributed by atoms with Gasteiger partial charge in [-0.25, -0.2) is 13.9 Å². The predicted octanol–water partition coefficient (Wildman–Crippen LogP) is 0.0580. The van der Waals surface area contributed by atoms with Gasteiger partial charge in [-0.1, -0.05) is 54.6 Å². The molecule has 0 N–H and O–H groups in total. The second kappa shape index (κ2) is 9.18. The summed E-state index contributed by atoms with van der Waals surface area (Å²) in [5.41, 5.74) is 3.65. The molecule has 0 amide bonds. The second-order valence-corrected chi connectivity index (χ2v) is 5.63. The van der Waals surface area contributed by atoms with Gasteiger partial charge in [0.15, 0.2) is 6.54 Å². The third-order valence-corrected chi connectivity index (χ3v) is 3.79. The number of carbonyl (C=O) groups excluding carboxylic acids is 1. The van der Waals surface area contributed by atoms with Gasteiger partial charge in [0, 0.05) is 0 Å². The zero-order valence-electron chi connectivity index (χ0n) is 14.1. The van der Waals surface area contributed by atoms with Gasteiger partial charge in [-0.3, -0.25) is 0 Å². The minimum Gasteiger partial charge on any atom is -1.00 e. The third-order valence-electron chi connectivity index (χ3n) is 3.79. The largest absolute Gasteiger partial charge is 1.00 e. The quantitative estimate of drug-likeness (QED) is 0.433. The molecular weight excluding hydrogens is 380 g/mol. The highest BCUT2D eigenvalue weighted by Crippen LogP contribution is 2.19. The van der Waals surface area contributed by atoms with Crippen LogP contribution in [0.25, 0.3) is 11.1 Å². The van der Waals surface area contributed by atoms with Crippen LogP contribution in [0.5, 0.6) is 0 Å². The highest BCUT2D eigenvalue weighted by molar-refractivity contribution is 5.69. The van der Waals surface area contributed by atoms with Gasteiger partial charge in [0.1, 0.15) is 18.9 Å². The SMILES string of the molecule is CCOC(=O)Cn1cc[n+](Cc2ccc(-c3ccccc3)cc2)c1.[Br-]. The summed E-state index contributed by atoms with van der Waals surface area (Å²) in [5, 5.41) is 0. The zero-order chi connectivity index (χ0) is 16.8. The predicted molar refractivity (Wildman–Crippen MR) is 92.2 cm³/mol. The lowest BCUT2D eigenvalue weighted by Gasteiger charge is -2.03. The molecule has 5 heteroatoms. The molecule has 25 heavy (non-hydrogen) atoms. The lowest BCUT2D eigenvalue weighted by Crippen LogP contribution is -3.00. The van der Waals surface area contributed by atoms with E-state index in [4.69, 9.17) is 4.74 Å². The van der Waals surface area contributed by atoms with Crippen LogP contribution < -0.4 is 21.5 Å². The first kappa shape index (κ1) is 18.9. The van der Waals surface area contributed by atoms with E-state index in [0.29, 0.717) is 6.61 Å². The molecule has 1 aromatic heterocycles. The Kier molecular flexibility index (Phi) is 6.95. The van der Waals surface area contributed by atoms with Gasteiger partial charge >= 0.3 is 5.97 Å². The molecule has 1 heterocycles. The van der Waals surface area contributed by atoms with Crippen molar-refractivity contribution in [3.05, 3.63) is 78.9 Å². The molecule has 0 fully saturated rings. The first-order valence-corrected chi connectivity index (χ1v) is 8.09. The van der Waals surface area contributed by atoms with E-state index < -0.39 is 0 Å². The van der Waals surface area contributed by atoms with Crippen LogP contribution >= 0.6 is 0 Å². The van der Waals surface area contributed by atoms with Crippen molar-refractivity contribution in [3.8, 4) is 11.1 Å². The highest BCUT2D eigenvalue weighted by Gasteiger charge is 2.10. The molecule has 0 saturated carbocycles. The van der Waals surface area contributed by atoms with Crippen LogP contribution in [0.2, 0.25) is 0 Å². The Morgan fingerprint density at radius 1 is 1.04 bits per heavy atom. The Labute approximate surface area is 158 Å². The lowest BCUT2D eigenvalue weighted by atomic mass is 10.0. The Hall–Kier alpha value is -2.40. The van der Waals surface area contributed by atoms with Gasteiger partial charge in [-0.2, -0.15) is 0 Å². The summed E-state index contributed by atoms with van der Waals surface area (Å²) in [6.45, 7) is 3.24. The van der Waals surface area contributed by atoms with Crippen LogP contribution in [0.15, 0.2) is 73.3 Å². The molecule has 0 radical (unpaired) electrons. The molecular formula is C20H21BrN2O2. The number of hydrogen-bond donors (Lipinski definition) is 0. The fourth-order valence-electron chi connectivity index (χ4n) is 2.63. The molecule has 0 spiro atoms. The van der Waals surface area contributed by atoms with E-state index >= 15 is 0 Å². The Morgan fingerprint density at radius 3 is 2.40 bits per heavy atom. The molecule has 0 unspecified atom stereocenters. The second-order valence-electron chi connectivity index (χ2n) is 5.63. The summed E-state index contributed by atoms with van der Waals surface area (Å²) in [4.78, 5) is 11.5. The van der Waals surface area contributed by atoms with Crippen molar-refractivity contribution in [2.45, 2.75) is 20.0 Å². The summed E-state index contributed by atoms with van der Waals surface area (Å²) < 4.78 is 8.84. The van der Waals surface area contributed by atoms with E-state index in [9.17, 15) is 4.79 Å². The van der Waals surface area contributed by atoms with E-state index in [1.807, 2.05) is 48.4 Å². The smallest absolute Gasteiger partial charge is 0.348 e. The monoisotopic (exact) mass is 400 g/mol. The molecule has 3 rings (SSSR count). The van der Waals surface area contributed by atoms with Crippen molar-refractivity contribution in [3.63, 3.8) is 0 Å². The van der Waals surface area contributed by atoms with Crippen LogP contribution in [-0.4, -0.2) is 17.1 Å². The fraction of sp³-hybridized carbons (Fsp3) is 0.200. The highest BCUT2D eigenvalue weighted by atomic mass is 79.9. The molecule has 0 atom stereocenters. The van der Waals surface area contributed by atoms with E-state index in [1.54, 1.807) is 0 Å². The van der Waals surface area contributed by atoms with Gasteiger partial charge in [0.2, 0.25) is 6.33 Å². The van der Waals surface area contributed by atoms with Crippen LogP contribution in [-0.2, 0) is 22.6 Å². The van der Waals surface area contributed by atoms with Crippen molar-refractivity contribution in [2.75, 3.05) is 6.61 Å². The number of ether oxygens (including phenoxy) is 1. The lowest BCUT2D eigenvalue weighted by molar-refractivity contribution is -0.687. The van der Waals surface area contributed by atoms with Gasteiger partial charge in [0.05, 0.1) is 6.61 Å². The van der Waals surface area contributed by atoms with Crippen LogP contribution in [0.4, 0.5) is 0 Å². The first-order valence-electron chi connectivity index (χ1n) is 8.09. The minimum absolute atomic E-state index is 0. The van der Waals surface area contributed by atoms with E-state index in [2.05, 4.69) is 41.0 Å². The van der Waals surface area contributed by atoms with E-state index in [0.717, 1.165) is 6.54 Å². The molecule has 2 aromatic carbocycles. The standard InChI is InChI=1S/C20H21N2O2.BrH/c1-2-24-20(23)15-22-13-12-21(16-22)14-17-8-10-19(11-9-17)18-6-4-3-5-7-18;/h3-13,16H,2,14-15H2,1H3;1H/q+1;/p-1. The normalized spacial score (nSPS) is 10.1. The summed E-state index contributed by atoms with van der Waals surface area (Å²) in [7, 11) is 0.